The number of nitrogens with one attached hydrogen (secondary N) is 3. The number of nitrogen functional groups attached to an aromatic ring is 1. The first-order valence-corrected chi connectivity index (χ1v) is 18.1. The van der Waals surface area contributed by atoms with E-state index in [-0.39, 0.29) is 35.2 Å². The van der Waals surface area contributed by atoms with Gasteiger partial charge >= 0.3 is 16.4 Å². The van der Waals surface area contributed by atoms with E-state index in [4.69, 9.17) is 31.0 Å². The van der Waals surface area contributed by atoms with Crippen LogP contribution in [0.5, 0.6) is 5.75 Å². The number of nitrogens with two attached hydrogens (primary N) is 2. The largest absolute Gasteiger partial charge is 0.485 e. The molecule has 1 aliphatic carbocycles. The van der Waals surface area contributed by atoms with Gasteiger partial charge in [-0.25, -0.2) is 9.78 Å². The number of amidine groups is 1. The van der Waals surface area contributed by atoms with Crippen LogP contribution in [0.3, 0.4) is 0 Å². The molecule has 3 heterocycles. The molecule has 272 valence electrons. The highest BCUT2D eigenvalue weighted by molar-refractivity contribution is 7.80. The molecule has 18 nitrogen and oxygen atoms in total. The van der Waals surface area contributed by atoms with Crippen LogP contribution in [0.25, 0.3) is 0 Å². The van der Waals surface area contributed by atoms with Crippen LogP contribution in [0.2, 0.25) is 0 Å². The van der Waals surface area contributed by atoms with Crippen molar-refractivity contribution >= 4 is 56.2 Å². The van der Waals surface area contributed by atoms with Crippen LogP contribution < -0.4 is 26.8 Å². The molecule has 2 aromatic rings. The Kier molecular flexibility index (Phi) is 10.4. The number of hydrogen-bond donors (Lipinski definition) is 7. The fraction of sp³-hybridized carbons (Fsp3) is 0.533. The highest BCUT2D eigenvalue weighted by Gasteiger charge is 2.58. The normalized spacial score (nSPS) is 24.8. The van der Waals surface area contributed by atoms with Gasteiger partial charge in [0.1, 0.15) is 23.3 Å². The first-order chi connectivity index (χ1) is 23.4. The second-order valence-electron chi connectivity index (χ2n) is 13.2. The standard InChI is InChI=1S/C30H40N8O10S2/c1-29(2)23(26(40)38(29)48-50(43,44)45)36-25(39)22(19-14-49-28(33)35-19)37-47-30(3,27(41)42)21-12-8-15-13-16(7-11-20(15)46-21)24(32)34-18-6-4-5-17(31)9-10-18/h7,11,13-14,17-18,21,23H,4-6,8-10,12,31H2,1-3H3,(H2,32,34)(H2,33,35)(H,36,39)(H,41,42)(H,43,44,45)/b37-22-/t17-,18+,21+,23+,30-/m0/s1. The highest BCUT2D eigenvalue weighted by atomic mass is 32.3. The molecule has 9 N–H and O–H groups in total. The second-order valence-corrected chi connectivity index (χ2v) is 15.1. The molecular formula is C30H40N8O10S2. The van der Waals surface area contributed by atoms with Gasteiger partial charge in [-0.05, 0) is 89.5 Å². The number of aromatic nitrogens is 1. The summed E-state index contributed by atoms with van der Waals surface area (Å²) in [7, 11) is -5.03. The van der Waals surface area contributed by atoms with Crippen LogP contribution in [0.15, 0.2) is 28.7 Å². The number of rotatable bonds is 11. The zero-order chi connectivity index (χ0) is 36.6. The Bertz CT molecular complexity index is 1820. The molecule has 0 bridgehead atoms. The van der Waals surface area contributed by atoms with E-state index in [9.17, 15) is 27.9 Å². The summed E-state index contributed by atoms with van der Waals surface area (Å²) < 4.78 is 41.8. The Morgan fingerprint density at radius 3 is 2.60 bits per heavy atom. The summed E-state index contributed by atoms with van der Waals surface area (Å²) in [4.78, 5) is 48.4. The van der Waals surface area contributed by atoms with Crippen molar-refractivity contribution in [3.63, 3.8) is 0 Å². The topological polar surface area (TPSA) is 282 Å². The third-order valence-corrected chi connectivity index (χ3v) is 10.1. The first-order valence-electron chi connectivity index (χ1n) is 15.8. The molecule has 0 radical (unpaired) electrons. The number of aliphatic carboxylic acids is 1. The van der Waals surface area contributed by atoms with Gasteiger partial charge in [-0.3, -0.25) is 19.6 Å². The summed E-state index contributed by atoms with van der Waals surface area (Å²) in [6.45, 7) is 3.99. The smallest absolute Gasteiger partial charge is 0.418 e. The average Bonchev–Trinajstić information content (AvgIpc) is 3.38. The zero-order valence-electron chi connectivity index (χ0n) is 27.5. The molecule has 2 aliphatic heterocycles. The molecule has 50 heavy (non-hydrogen) atoms. The van der Waals surface area contributed by atoms with Crippen molar-refractivity contribution in [2.45, 2.75) is 101 Å². The Morgan fingerprint density at radius 2 is 1.96 bits per heavy atom. The third kappa shape index (κ3) is 7.83. The first kappa shape index (κ1) is 36.9. The van der Waals surface area contributed by atoms with E-state index < -0.39 is 57.2 Å². The average molecular weight is 737 g/mol. The van der Waals surface area contributed by atoms with Gasteiger partial charge in [-0.2, -0.15) is 13.5 Å². The number of amides is 2. The number of hydrogen-bond acceptors (Lipinski definition) is 14. The van der Waals surface area contributed by atoms with Gasteiger partial charge in [0.05, 0.1) is 5.54 Å². The Balaban J connectivity index is 1.32. The number of thiazole rings is 1. The van der Waals surface area contributed by atoms with Crippen molar-refractivity contribution in [3.05, 3.63) is 40.4 Å². The van der Waals surface area contributed by atoms with Crippen LogP contribution >= 0.6 is 11.3 Å². The number of fused-ring (bicyclic) bond motifs is 1. The van der Waals surface area contributed by atoms with E-state index in [0.29, 0.717) is 22.8 Å². The monoisotopic (exact) mass is 736 g/mol. The van der Waals surface area contributed by atoms with E-state index in [1.54, 1.807) is 12.1 Å². The fourth-order valence-electron chi connectivity index (χ4n) is 6.09. The SMILES string of the molecule is CC1(C)[C@H](NC(=O)/C(=N\O[C@](C)(C(=O)O)[C@H]2CCc3cc(C(=N)N[C@@H]4CCC[C@H](N)CC4)ccc3O2)c2csc(N)n2)C(=O)N1OS(=O)(=O)O. The number of nitrogens with zero attached hydrogens (tertiary/aromatic N) is 3. The third-order valence-electron chi connectivity index (χ3n) is 9.12. The maximum atomic E-state index is 13.5. The van der Waals surface area contributed by atoms with Gasteiger partial charge in [0.15, 0.2) is 16.9 Å². The number of aryl methyl sites for hydroxylation is 1. The number of benzene rings is 1. The minimum Gasteiger partial charge on any atom is -0.485 e. The van der Waals surface area contributed by atoms with Crippen molar-refractivity contribution in [1.29, 1.82) is 5.41 Å². The molecule has 3 aliphatic rings. The van der Waals surface area contributed by atoms with Gasteiger partial charge < -0.3 is 36.8 Å². The number of anilines is 1. The number of oxime groups is 1. The maximum absolute atomic E-state index is 13.5. The van der Waals surface area contributed by atoms with Crippen LogP contribution in [0, 0.1) is 5.41 Å². The van der Waals surface area contributed by atoms with E-state index >= 15 is 0 Å². The van der Waals surface area contributed by atoms with Gasteiger partial charge in [-0.15, -0.1) is 15.6 Å². The summed E-state index contributed by atoms with van der Waals surface area (Å²) in [5.41, 5.74) is 9.14. The number of carboxylic acid groups (broad SMARTS) is 1. The van der Waals surface area contributed by atoms with Crippen molar-refractivity contribution in [2.75, 3.05) is 5.73 Å². The summed E-state index contributed by atoms with van der Waals surface area (Å²) in [5, 5.41) is 30.4. The lowest BCUT2D eigenvalue weighted by Gasteiger charge is -2.50. The molecule has 1 saturated heterocycles. The molecule has 0 spiro atoms. The molecular weight excluding hydrogens is 697 g/mol. The van der Waals surface area contributed by atoms with Crippen molar-refractivity contribution < 1.29 is 46.3 Å². The molecule has 0 unspecified atom stereocenters. The lowest BCUT2D eigenvalue weighted by molar-refractivity contribution is -0.218. The van der Waals surface area contributed by atoms with Gasteiger partial charge in [0, 0.05) is 23.0 Å². The fourth-order valence-corrected chi connectivity index (χ4v) is 7.09. The molecule has 2 amide bonds. The van der Waals surface area contributed by atoms with E-state index in [0.717, 1.165) is 49.0 Å². The molecule has 1 aromatic carbocycles. The van der Waals surface area contributed by atoms with Gasteiger partial charge in [-0.1, -0.05) is 5.16 Å². The number of carbonyl (C=O) groups is 3. The van der Waals surface area contributed by atoms with Gasteiger partial charge in [0.25, 0.3) is 17.4 Å². The number of carbonyl (C=O) groups excluding carboxylic acids is 2. The summed E-state index contributed by atoms with van der Waals surface area (Å²) >= 11 is 0.964. The van der Waals surface area contributed by atoms with Crippen LogP contribution in [0.4, 0.5) is 5.13 Å². The van der Waals surface area contributed by atoms with Crippen LogP contribution in [-0.2, 0) is 40.3 Å². The second kappa shape index (κ2) is 14.1. The summed E-state index contributed by atoms with van der Waals surface area (Å²) in [5.74, 6) is -2.77. The maximum Gasteiger partial charge on any atom is 0.418 e. The molecule has 20 heteroatoms. The Labute approximate surface area is 291 Å². The van der Waals surface area contributed by atoms with Crippen molar-refractivity contribution in [3.8, 4) is 5.75 Å². The summed E-state index contributed by atoms with van der Waals surface area (Å²) in [6.07, 6.45) is 4.20. The lowest BCUT2D eigenvalue weighted by atomic mass is 9.84. The summed E-state index contributed by atoms with van der Waals surface area (Å²) in [6, 6.07) is 4.22. The molecule has 5 rings (SSSR count). The van der Waals surface area contributed by atoms with Crippen LogP contribution in [0.1, 0.15) is 76.1 Å². The predicted octanol–water partition coefficient (Wildman–Crippen LogP) is 1.10. The molecule has 5 atom stereocenters. The zero-order valence-corrected chi connectivity index (χ0v) is 29.2. The molecule has 2 fully saturated rings. The number of ether oxygens (including phenoxy) is 1. The predicted molar refractivity (Wildman–Crippen MR) is 180 cm³/mol. The van der Waals surface area contributed by atoms with Crippen LogP contribution in [-0.4, -0.2) is 92.8 Å². The van der Waals surface area contributed by atoms with Crippen molar-refractivity contribution in [2.24, 2.45) is 10.9 Å². The molecule has 1 saturated carbocycles. The van der Waals surface area contributed by atoms with Gasteiger partial charge in [0.2, 0.25) is 0 Å². The van der Waals surface area contributed by atoms with E-state index in [1.165, 1.54) is 26.2 Å². The number of carboxylic acids is 1. The highest BCUT2D eigenvalue weighted by Crippen LogP contribution is 2.35. The Hall–Kier alpha value is -4.37. The minimum atomic E-state index is -5.03. The Morgan fingerprint density at radius 1 is 1.22 bits per heavy atom. The lowest BCUT2D eigenvalue weighted by Crippen LogP contribution is -2.76. The minimum absolute atomic E-state index is 0.0579. The number of β-lactam (4-membered cyclic amide) rings is 1. The number of hydroxylamine groups is 2. The van der Waals surface area contributed by atoms with E-state index in [1.807, 2.05) is 6.07 Å². The van der Waals surface area contributed by atoms with E-state index in [2.05, 4.69) is 25.1 Å². The quantitative estimate of drug-likeness (QED) is 0.0425. The van der Waals surface area contributed by atoms with Crippen molar-refractivity contribution in [1.82, 2.24) is 20.7 Å². The molecule has 1 aromatic heterocycles.